The van der Waals surface area contributed by atoms with E-state index in [1.165, 1.54) is 0 Å². The van der Waals surface area contributed by atoms with E-state index in [1.54, 1.807) is 0 Å². The van der Waals surface area contributed by atoms with Crippen LogP contribution in [-0.4, -0.2) is 36.5 Å². The van der Waals surface area contributed by atoms with Gasteiger partial charge in [0.2, 0.25) is 5.91 Å². The number of carbonyl (C=O) groups excluding carboxylic acids is 1. The van der Waals surface area contributed by atoms with Gasteiger partial charge in [0, 0.05) is 6.54 Å². The molecule has 5 heteroatoms. The quantitative estimate of drug-likeness (QED) is 0.668. The van der Waals surface area contributed by atoms with E-state index in [1.807, 2.05) is 11.8 Å². The van der Waals surface area contributed by atoms with E-state index in [2.05, 4.69) is 28.8 Å². The standard InChI is InChI=1S/C10H19N3OS/c1-3-6-11-10-12-8(9(14)13-10)5-4-7-15-2/h8H,3-7H2,1-2H3,(H2,11,12,13,14). The first-order chi connectivity index (χ1) is 7.27. The molecule has 1 aliphatic heterocycles. The van der Waals surface area contributed by atoms with Gasteiger partial charge in [-0.05, 0) is 31.3 Å². The molecule has 0 spiro atoms. The van der Waals surface area contributed by atoms with Crippen LogP contribution in [-0.2, 0) is 4.79 Å². The molecule has 1 amide bonds. The number of thioether (sulfide) groups is 1. The number of rotatable bonds is 6. The summed E-state index contributed by atoms with van der Waals surface area (Å²) in [6, 6.07) is -0.0762. The predicted molar refractivity (Wildman–Crippen MR) is 65.3 cm³/mol. The first kappa shape index (κ1) is 12.4. The Balaban J connectivity index is 2.32. The fourth-order valence-corrected chi connectivity index (χ4v) is 1.87. The van der Waals surface area contributed by atoms with E-state index >= 15 is 0 Å². The number of aliphatic imine (C=N–C) groups is 1. The zero-order valence-electron chi connectivity index (χ0n) is 9.38. The third kappa shape index (κ3) is 4.11. The minimum atomic E-state index is -0.0762. The van der Waals surface area contributed by atoms with E-state index in [0.29, 0.717) is 5.96 Å². The van der Waals surface area contributed by atoms with Crippen molar-refractivity contribution in [3.8, 4) is 0 Å². The van der Waals surface area contributed by atoms with Crippen molar-refractivity contribution in [2.45, 2.75) is 32.2 Å². The predicted octanol–water partition coefficient (Wildman–Crippen LogP) is 0.984. The molecule has 1 atom stereocenters. The van der Waals surface area contributed by atoms with E-state index in [-0.39, 0.29) is 11.9 Å². The van der Waals surface area contributed by atoms with Gasteiger partial charge in [0.1, 0.15) is 6.04 Å². The molecule has 4 nitrogen and oxygen atoms in total. The molecule has 0 aliphatic carbocycles. The molecule has 15 heavy (non-hydrogen) atoms. The number of guanidine groups is 1. The first-order valence-corrected chi connectivity index (χ1v) is 6.78. The molecule has 0 bridgehead atoms. The highest BCUT2D eigenvalue weighted by molar-refractivity contribution is 7.98. The Morgan fingerprint density at radius 3 is 3.00 bits per heavy atom. The van der Waals surface area contributed by atoms with Gasteiger partial charge in [0.15, 0.2) is 5.96 Å². The number of nitrogens with zero attached hydrogens (tertiary/aromatic N) is 1. The van der Waals surface area contributed by atoms with Gasteiger partial charge in [-0.15, -0.1) is 0 Å². The molecular formula is C10H19N3OS. The second-order valence-corrected chi connectivity index (χ2v) is 4.54. The lowest BCUT2D eigenvalue weighted by Gasteiger charge is -2.05. The SMILES string of the molecule is CCCN=C1NC(=O)C(CCCSC)N1. The second-order valence-electron chi connectivity index (χ2n) is 3.55. The van der Waals surface area contributed by atoms with Crippen LogP contribution in [0.2, 0.25) is 0 Å². The lowest BCUT2D eigenvalue weighted by Crippen LogP contribution is -2.29. The minimum Gasteiger partial charge on any atom is -0.344 e. The van der Waals surface area contributed by atoms with Crippen LogP contribution < -0.4 is 10.6 Å². The van der Waals surface area contributed by atoms with Crippen molar-refractivity contribution in [2.75, 3.05) is 18.6 Å². The zero-order valence-corrected chi connectivity index (χ0v) is 10.2. The van der Waals surface area contributed by atoms with Gasteiger partial charge >= 0.3 is 0 Å². The summed E-state index contributed by atoms with van der Waals surface area (Å²) < 4.78 is 0. The molecule has 0 aromatic heterocycles. The third-order valence-electron chi connectivity index (χ3n) is 2.20. The third-order valence-corrected chi connectivity index (χ3v) is 2.90. The maximum Gasteiger partial charge on any atom is 0.249 e. The van der Waals surface area contributed by atoms with Crippen molar-refractivity contribution < 1.29 is 4.79 Å². The van der Waals surface area contributed by atoms with Crippen molar-refractivity contribution in [3.63, 3.8) is 0 Å². The number of hydrogen-bond donors (Lipinski definition) is 2. The van der Waals surface area contributed by atoms with E-state index in [9.17, 15) is 4.79 Å². The molecule has 1 saturated heterocycles. The maximum absolute atomic E-state index is 11.5. The largest absolute Gasteiger partial charge is 0.344 e. The van der Waals surface area contributed by atoms with Crippen LogP contribution in [0.5, 0.6) is 0 Å². The Morgan fingerprint density at radius 2 is 2.33 bits per heavy atom. The molecule has 0 radical (unpaired) electrons. The zero-order chi connectivity index (χ0) is 11.1. The van der Waals surface area contributed by atoms with Crippen LogP contribution in [0.25, 0.3) is 0 Å². The summed E-state index contributed by atoms with van der Waals surface area (Å²) >= 11 is 1.81. The molecule has 1 unspecified atom stereocenters. The monoisotopic (exact) mass is 229 g/mol. The summed E-state index contributed by atoms with van der Waals surface area (Å²) in [5, 5.41) is 5.87. The van der Waals surface area contributed by atoms with Crippen LogP contribution in [0.1, 0.15) is 26.2 Å². The highest BCUT2D eigenvalue weighted by atomic mass is 32.2. The minimum absolute atomic E-state index is 0.0611. The number of carbonyl (C=O) groups is 1. The summed E-state index contributed by atoms with van der Waals surface area (Å²) in [5.41, 5.74) is 0. The van der Waals surface area contributed by atoms with Gasteiger partial charge in [-0.25, -0.2) is 0 Å². The van der Waals surface area contributed by atoms with Crippen molar-refractivity contribution in [2.24, 2.45) is 4.99 Å². The Labute approximate surface area is 95.3 Å². The van der Waals surface area contributed by atoms with Gasteiger partial charge in [-0.2, -0.15) is 11.8 Å². The van der Waals surface area contributed by atoms with E-state index in [0.717, 1.165) is 31.6 Å². The van der Waals surface area contributed by atoms with Crippen LogP contribution in [0, 0.1) is 0 Å². The van der Waals surface area contributed by atoms with Crippen LogP contribution >= 0.6 is 11.8 Å². The fourth-order valence-electron chi connectivity index (χ4n) is 1.41. The second kappa shape index (κ2) is 6.71. The number of nitrogens with one attached hydrogen (secondary N) is 2. The van der Waals surface area contributed by atoms with Crippen molar-refractivity contribution in [3.05, 3.63) is 0 Å². The van der Waals surface area contributed by atoms with E-state index < -0.39 is 0 Å². The highest BCUT2D eigenvalue weighted by Gasteiger charge is 2.26. The molecule has 0 saturated carbocycles. The first-order valence-electron chi connectivity index (χ1n) is 5.38. The molecule has 1 rings (SSSR count). The Bertz CT molecular complexity index is 243. The lowest BCUT2D eigenvalue weighted by molar-refractivity contribution is -0.120. The molecule has 1 heterocycles. The highest BCUT2D eigenvalue weighted by Crippen LogP contribution is 2.06. The fraction of sp³-hybridized carbons (Fsp3) is 0.800. The van der Waals surface area contributed by atoms with E-state index in [4.69, 9.17) is 0 Å². The van der Waals surface area contributed by atoms with Gasteiger partial charge in [0.25, 0.3) is 0 Å². The molecule has 0 aromatic carbocycles. The smallest absolute Gasteiger partial charge is 0.249 e. The Kier molecular flexibility index (Phi) is 5.53. The lowest BCUT2D eigenvalue weighted by atomic mass is 10.2. The molecule has 86 valence electrons. The average Bonchev–Trinajstić information content (AvgIpc) is 2.57. The summed E-state index contributed by atoms with van der Waals surface area (Å²) in [4.78, 5) is 15.7. The Hall–Kier alpha value is -0.710. The molecule has 1 aliphatic rings. The van der Waals surface area contributed by atoms with Crippen molar-refractivity contribution in [1.82, 2.24) is 10.6 Å². The number of amides is 1. The normalized spacial score (nSPS) is 22.9. The van der Waals surface area contributed by atoms with Gasteiger partial charge in [-0.3, -0.25) is 15.1 Å². The summed E-state index contributed by atoms with van der Waals surface area (Å²) in [6.45, 7) is 2.83. The van der Waals surface area contributed by atoms with Gasteiger partial charge < -0.3 is 5.32 Å². The van der Waals surface area contributed by atoms with Gasteiger partial charge in [-0.1, -0.05) is 6.92 Å². The average molecular weight is 229 g/mol. The van der Waals surface area contributed by atoms with Crippen LogP contribution in [0.3, 0.4) is 0 Å². The topological polar surface area (TPSA) is 53.5 Å². The molecule has 0 aromatic rings. The van der Waals surface area contributed by atoms with Crippen LogP contribution in [0.15, 0.2) is 4.99 Å². The molecule has 2 N–H and O–H groups in total. The summed E-state index contributed by atoms with van der Waals surface area (Å²) in [6.07, 6.45) is 5.03. The molecular weight excluding hydrogens is 210 g/mol. The van der Waals surface area contributed by atoms with Crippen molar-refractivity contribution >= 4 is 23.6 Å². The molecule has 1 fully saturated rings. The Morgan fingerprint density at radius 1 is 1.53 bits per heavy atom. The van der Waals surface area contributed by atoms with Gasteiger partial charge in [0.05, 0.1) is 0 Å². The maximum atomic E-state index is 11.5. The number of hydrogen-bond acceptors (Lipinski definition) is 3. The summed E-state index contributed by atoms with van der Waals surface area (Å²) in [7, 11) is 0. The summed E-state index contributed by atoms with van der Waals surface area (Å²) in [5.74, 6) is 1.81. The van der Waals surface area contributed by atoms with Crippen LogP contribution in [0.4, 0.5) is 0 Å². The van der Waals surface area contributed by atoms with Crippen molar-refractivity contribution in [1.29, 1.82) is 0 Å².